The fourth-order valence-corrected chi connectivity index (χ4v) is 0. The quantitative estimate of drug-likeness (QED) is 0.401. The molecule has 0 saturated carbocycles. The summed E-state index contributed by atoms with van der Waals surface area (Å²) >= 11 is 0. The SMILES string of the molecule is O=S(=O)([O-])CO.O=S(=O)([O-])CO.[Cu+2]. The summed E-state index contributed by atoms with van der Waals surface area (Å²) < 4.78 is 55.2. The van der Waals surface area contributed by atoms with E-state index in [0.29, 0.717) is 0 Å². The van der Waals surface area contributed by atoms with Gasteiger partial charge in [0.25, 0.3) is 0 Å². The van der Waals surface area contributed by atoms with Crippen LogP contribution in [-0.4, -0.2) is 48.0 Å². The molecule has 0 aromatic heterocycles. The minimum atomic E-state index is -4.36. The summed E-state index contributed by atoms with van der Waals surface area (Å²) in [6.07, 6.45) is 0. The Kier molecular flexibility index (Phi) is 11.1. The van der Waals surface area contributed by atoms with Gasteiger partial charge in [-0.15, -0.1) is 0 Å². The van der Waals surface area contributed by atoms with Crippen LogP contribution in [0.2, 0.25) is 0 Å². The van der Waals surface area contributed by atoms with Crippen molar-refractivity contribution in [2.75, 3.05) is 11.9 Å². The van der Waals surface area contributed by atoms with Gasteiger partial charge in [-0.3, -0.25) is 0 Å². The summed E-state index contributed by atoms with van der Waals surface area (Å²) in [5, 5.41) is 15.0. The van der Waals surface area contributed by atoms with E-state index in [2.05, 4.69) is 0 Å². The number of hydrogen-bond donors (Lipinski definition) is 2. The molecule has 0 fully saturated rings. The molecular weight excluding hydrogens is 280 g/mol. The Hall–Kier alpha value is 0.259. The van der Waals surface area contributed by atoms with Crippen molar-refractivity contribution in [1.82, 2.24) is 0 Å². The van der Waals surface area contributed by atoms with E-state index >= 15 is 0 Å². The first-order valence-electron chi connectivity index (χ1n) is 2.21. The summed E-state index contributed by atoms with van der Waals surface area (Å²) in [4.78, 5) is 0. The van der Waals surface area contributed by atoms with Crippen molar-refractivity contribution >= 4 is 20.2 Å². The van der Waals surface area contributed by atoms with Gasteiger partial charge in [0.15, 0.2) is 0 Å². The monoisotopic (exact) mass is 285 g/mol. The van der Waals surface area contributed by atoms with Crippen LogP contribution in [0.25, 0.3) is 0 Å². The van der Waals surface area contributed by atoms with Crippen LogP contribution in [0.5, 0.6) is 0 Å². The van der Waals surface area contributed by atoms with Crippen LogP contribution < -0.4 is 0 Å². The summed E-state index contributed by atoms with van der Waals surface area (Å²) in [6, 6.07) is 0. The predicted octanol–water partition coefficient (Wildman–Crippen LogP) is -3.04. The smallest absolute Gasteiger partial charge is 0.746 e. The van der Waals surface area contributed by atoms with E-state index in [9.17, 15) is 25.9 Å². The van der Waals surface area contributed by atoms with Gasteiger partial charge in [0.1, 0.15) is 32.1 Å². The second-order valence-corrected chi connectivity index (χ2v) is 4.12. The second kappa shape index (κ2) is 7.64. The summed E-state index contributed by atoms with van der Waals surface area (Å²) in [5.41, 5.74) is 0. The third-order valence-electron chi connectivity index (χ3n) is 0.316. The molecule has 0 rings (SSSR count). The summed E-state index contributed by atoms with van der Waals surface area (Å²) in [5.74, 6) is -2.62. The largest absolute Gasteiger partial charge is 2.00 e. The van der Waals surface area contributed by atoms with Crippen molar-refractivity contribution in [3.63, 3.8) is 0 Å². The molecular formula is C2H6CuO8S2. The molecule has 11 heteroatoms. The van der Waals surface area contributed by atoms with Crippen molar-refractivity contribution < 1.29 is 53.2 Å². The minimum Gasteiger partial charge on any atom is -0.746 e. The Morgan fingerprint density at radius 3 is 0.923 bits per heavy atom. The van der Waals surface area contributed by atoms with E-state index in [0.717, 1.165) is 0 Å². The molecule has 0 aliphatic heterocycles. The first-order valence-corrected chi connectivity index (χ1v) is 5.36. The van der Waals surface area contributed by atoms with Gasteiger partial charge >= 0.3 is 17.1 Å². The molecule has 8 nitrogen and oxygen atoms in total. The van der Waals surface area contributed by atoms with Crippen LogP contribution in [-0.2, 0) is 37.3 Å². The molecule has 0 spiro atoms. The molecule has 0 aromatic carbocycles. The second-order valence-electron chi connectivity index (χ2n) is 1.37. The van der Waals surface area contributed by atoms with Gasteiger partial charge in [-0.2, -0.15) is 0 Å². The molecule has 1 radical (unpaired) electrons. The molecule has 0 unspecified atom stereocenters. The maximum absolute atomic E-state index is 9.19. The number of aliphatic hydroxyl groups is 2. The molecule has 2 N–H and O–H groups in total. The third-order valence-corrected chi connectivity index (χ3v) is 0.949. The fraction of sp³-hybridized carbons (Fsp3) is 1.00. The zero-order valence-electron chi connectivity index (χ0n) is 5.88. The van der Waals surface area contributed by atoms with Gasteiger partial charge in [0.2, 0.25) is 0 Å². The fourth-order valence-electron chi connectivity index (χ4n) is 0. The molecule has 0 aliphatic rings. The van der Waals surface area contributed by atoms with Gasteiger partial charge in [-0.05, 0) is 0 Å². The molecule has 85 valence electrons. The first-order chi connectivity index (χ1) is 5.12. The molecule has 0 heterocycles. The zero-order valence-corrected chi connectivity index (χ0v) is 8.45. The normalized spacial score (nSPS) is 10.8. The van der Waals surface area contributed by atoms with Crippen LogP contribution in [0.1, 0.15) is 0 Å². The van der Waals surface area contributed by atoms with E-state index in [1.54, 1.807) is 0 Å². The van der Waals surface area contributed by atoms with Crippen molar-refractivity contribution in [2.45, 2.75) is 0 Å². The van der Waals surface area contributed by atoms with E-state index in [1.165, 1.54) is 0 Å². The van der Waals surface area contributed by atoms with Gasteiger partial charge in [-0.1, -0.05) is 0 Å². The average Bonchev–Trinajstić information content (AvgIpc) is 1.86. The Labute approximate surface area is 85.6 Å². The molecule has 0 amide bonds. The van der Waals surface area contributed by atoms with Gasteiger partial charge in [0, 0.05) is 0 Å². The average molecular weight is 286 g/mol. The van der Waals surface area contributed by atoms with Gasteiger partial charge in [0.05, 0.1) is 0 Å². The van der Waals surface area contributed by atoms with E-state index in [4.69, 9.17) is 10.2 Å². The Balaban J connectivity index is -0.000000143. The van der Waals surface area contributed by atoms with E-state index in [-0.39, 0.29) is 17.1 Å². The van der Waals surface area contributed by atoms with E-state index < -0.39 is 32.1 Å². The molecule has 0 aromatic rings. The maximum atomic E-state index is 9.19. The Morgan fingerprint density at radius 2 is 0.923 bits per heavy atom. The molecule has 13 heavy (non-hydrogen) atoms. The number of rotatable bonds is 2. The van der Waals surface area contributed by atoms with Crippen molar-refractivity contribution in [2.24, 2.45) is 0 Å². The molecule has 0 atom stereocenters. The van der Waals surface area contributed by atoms with Crippen molar-refractivity contribution in [3.8, 4) is 0 Å². The third kappa shape index (κ3) is 32.9. The van der Waals surface area contributed by atoms with Crippen LogP contribution in [0.15, 0.2) is 0 Å². The minimum absolute atomic E-state index is 0. The van der Waals surface area contributed by atoms with Crippen molar-refractivity contribution in [3.05, 3.63) is 0 Å². The molecule has 0 saturated heterocycles. The van der Waals surface area contributed by atoms with E-state index in [1.807, 2.05) is 0 Å². The van der Waals surface area contributed by atoms with Crippen LogP contribution in [0.3, 0.4) is 0 Å². The Morgan fingerprint density at radius 1 is 0.846 bits per heavy atom. The summed E-state index contributed by atoms with van der Waals surface area (Å²) in [7, 11) is -8.71. The molecule has 0 bridgehead atoms. The Bertz CT molecular complexity index is 256. The summed E-state index contributed by atoms with van der Waals surface area (Å²) in [6.45, 7) is 0. The standard InChI is InChI=1S/2CH4O4S.Cu/c2*2-1-6(3,4)5;/h2*2H,1H2,(H,3,4,5);/q;;+2/p-2. The van der Waals surface area contributed by atoms with Crippen molar-refractivity contribution in [1.29, 1.82) is 0 Å². The number of aliphatic hydroxyl groups excluding tert-OH is 2. The van der Waals surface area contributed by atoms with Gasteiger partial charge in [-0.25, -0.2) is 16.8 Å². The van der Waals surface area contributed by atoms with Gasteiger partial charge < -0.3 is 19.3 Å². The van der Waals surface area contributed by atoms with Crippen LogP contribution in [0.4, 0.5) is 0 Å². The predicted molar refractivity (Wildman–Crippen MR) is 33.6 cm³/mol. The number of hydrogen-bond acceptors (Lipinski definition) is 8. The van der Waals surface area contributed by atoms with Crippen LogP contribution >= 0.6 is 0 Å². The molecule has 0 aliphatic carbocycles. The maximum Gasteiger partial charge on any atom is 2.00 e. The topological polar surface area (TPSA) is 155 Å². The van der Waals surface area contributed by atoms with Crippen LogP contribution in [0, 0.1) is 0 Å². The zero-order chi connectivity index (χ0) is 10.4. The first kappa shape index (κ1) is 18.9.